The Bertz CT molecular complexity index is 439. The third kappa shape index (κ3) is 3.93. The van der Waals surface area contributed by atoms with E-state index in [2.05, 4.69) is 13.0 Å². The zero-order chi connectivity index (χ0) is 13.7. The molecule has 0 fully saturated rings. The summed E-state index contributed by atoms with van der Waals surface area (Å²) in [4.78, 5) is 11.1. The van der Waals surface area contributed by atoms with Crippen LogP contribution in [-0.4, -0.2) is 18.7 Å². The van der Waals surface area contributed by atoms with Crippen LogP contribution < -0.4 is 0 Å². The molecule has 1 aliphatic carbocycles. The normalized spacial score (nSPS) is 25.5. The number of allylic oxidation sites excluding steroid dienone is 1. The highest BCUT2D eigenvalue weighted by atomic mass is 16.5. The summed E-state index contributed by atoms with van der Waals surface area (Å²) in [6, 6.07) is 10.1. The van der Waals surface area contributed by atoms with Crippen LogP contribution in [-0.2, 0) is 20.9 Å². The largest absolute Gasteiger partial charge is 0.458 e. The third-order valence-electron chi connectivity index (χ3n) is 3.43. The Balaban J connectivity index is 1.82. The van der Waals surface area contributed by atoms with E-state index in [4.69, 9.17) is 9.47 Å². The second-order valence-corrected chi connectivity index (χ2v) is 4.98. The zero-order valence-electron chi connectivity index (χ0n) is 11.4. The lowest BCUT2D eigenvalue weighted by Gasteiger charge is -2.22. The lowest BCUT2D eigenvalue weighted by atomic mass is 9.96. The summed E-state index contributed by atoms with van der Waals surface area (Å²) >= 11 is 0. The van der Waals surface area contributed by atoms with Crippen molar-refractivity contribution in [3.63, 3.8) is 0 Å². The summed E-state index contributed by atoms with van der Waals surface area (Å²) in [5, 5.41) is 0. The van der Waals surface area contributed by atoms with Gasteiger partial charge in [-0.05, 0) is 17.6 Å². The number of rotatable bonds is 5. The Morgan fingerprint density at radius 1 is 1.21 bits per heavy atom. The first-order valence-corrected chi connectivity index (χ1v) is 6.64. The van der Waals surface area contributed by atoms with Gasteiger partial charge in [-0.15, -0.1) is 0 Å². The summed E-state index contributed by atoms with van der Waals surface area (Å²) in [5.41, 5.74) is 1.16. The van der Waals surface area contributed by atoms with E-state index in [0.717, 1.165) is 5.56 Å². The molecule has 19 heavy (non-hydrogen) atoms. The molecule has 1 aliphatic rings. The quantitative estimate of drug-likeness (QED) is 0.603. The summed E-state index contributed by atoms with van der Waals surface area (Å²) in [7, 11) is 0. The minimum atomic E-state index is -0.239. The van der Waals surface area contributed by atoms with Crippen LogP contribution in [0.2, 0.25) is 0 Å². The highest BCUT2D eigenvalue weighted by Gasteiger charge is 2.31. The van der Waals surface area contributed by atoms with Gasteiger partial charge in [-0.25, -0.2) is 0 Å². The fourth-order valence-electron chi connectivity index (χ4n) is 2.32. The Hall–Kier alpha value is -1.61. The Labute approximate surface area is 114 Å². The molecule has 0 amide bonds. The van der Waals surface area contributed by atoms with Crippen LogP contribution >= 0.6 is 0 Å². The van der Waals surface area contributed by atoms with E-state index in [1.807, 2.05) is 36.4 Å². The number of hydrogen-bond acceptors (Lipinski definition) is 3. The Kier molecular flexibility index (Phi) is 4.74. The van der Waals surface area contributed by atoms with Crippen LogP contribution in [0.5, 0.6) is 0 Å². The van der Waals surface area contributed by atoms with Crippen molar-refractivity contribution in [2.24, 2.45) is 11.8 Å². The van der Waals surface area contributed by atoms with Crippen LogP contribution in [0.3, 0.4) is 0 Å². The molecule has 0 bridgehead atoms. The molecule has 0 saturated heterocycles. The lowest BCUT2D eigenvalue weighted by Crippen LogP contribution is -2.28. The molecule has 102 valence electrons. The number of benzene rings is 1. The first-order chi connectivity index (χ1) is 9.16. The monoisotopic (exact) mass is 260 g/mol. The van der Waals surface area contributed by atoms with Crippen LogP contribution in [0, 0.1) is 11.8 Å². The first-order valence-electron chi connectivity index (χ1n) is 6.64. The minimum absolute atomic E-state index is 0.150. The summed E-state index contributed by atoms with van der Waals surface area (Å²) in [5.74, 6) is 0.351. The van der Waals surface area contributed by atoms with Crippen LogP contribution in [0.15, 0.2) is 42.5 Å². The van der Waals surface area contributed by atoms with E-state index in [1.165, 1.54) is 6.92 Å². The van der Waals surface area contributed by atoms with Gasteiger partial charge in [0.1, 0.15) is 6.10 Å². The van der Waals surface area contributed by atoms with Gasteiger partial charge in [0.2, 0.25) is 0 Å². The van der Waals surface area contributed by atoms with Crippen molar-refractivity contribution in [2.45, 2.75) is 26.6 Å². The lowest BCUT2D eigenvalue weighted by molar-refractivity contribution is -0.147. The number of carbonyl (C=O) groups is 1. The van der Waals surface area contributed by atoms with Gasteiger partial charge in [0.15, 0.2) is 0 Å². The van der Waals surface area contributed by atoms with Crippen molar-refractivity contribution in [3.8, 4) is 0 Å². The number of carbonyl (C=O) groups excluding carboxylic acids is 1. The van der Waals surface area contributed by atoms with Crippen molar-refractivity contribution in [1.82, 2.24) is 0 Å². The Morgan fingerprint density at radius 2 is 1.95 bits per heavy atom. The van der Waals surface area contributed by atoms with E-state index in [-0.39, 0.29) is 18.0 Å². The maximum Gasteiger partial charge on any atom is 0.303 e. The molecule has 0 N–H and O–H groups in total. The fraction of sp³-hybridized carbons (Fsp3) is 0.438. The van der Waals surface area contributed by atoms with E-state index >= 15 is 0 Å². The maximum absolute atomic E-state index is 11.1. The first kappa shape index (κ1) is 13.8. The number of ether oxygens (including phenoxy) is 2. The fourth-order valence-corrected chi connectivity index (χ4v) is 2.32. The van der Waals surface area contributed by atoms with Crippen molar-refractivity contribution in [1.29, 1.82) is 0 Å². The van der Waals surface area contributed by atoms with Gasteiger partial charge in [0.05, 0.1) is 13.2 Å². The van der Waals surface area contributed by atoms with E-state index in [9.17, 15) is 4.79 Å². The standard InChI is InChI=1S/C16H20O3/c1-12-8-9-16(19-13(2)17)15(12)11-18-10-14-6-4-3-5-7-14/h3-9,12,15-16H,10-11H2,1-2H3. The molecule has 0 radical (unpaired) electrons. The average Bonchev–Trinajstić information content (AvgIpc) is 2.72. The van der Waals surface area contributed by atoms with E-state index < -0.39 is 0 Å². The smallest absolute Gasteiger partial charge is 0.303 e. The predicted octanol–water partition coefficient (Wildman–Crippen LogP) is 2.96. The highest BCUT2D eigenvalue weighted by molar-refractivity contribution is 5.66. The second kappa shape index (κ2) is 6.53. The highest BCUT2D eigenvalue weighted by Crippen LogP contribution is 2.28. The van der Waals surface area contributed by atoms with Gasteiger partial charge in [0, 0.05) is 12.8 Å². The van der Waals surface area contributed by atoms with Crippen LogP contribution in [0.25, 0.3) is 0 Å². The van der Waals surface area contributed by atoms with Crippen molar-refractivity contribution >= 4 is 5.97 Å². The second-order valence-electron chi connectivity index (χ2n) is 4.98. The van der Waals surface area contributed by atoms with Crippen LogP contribution in [0.4, 0.5) is 0 Å². The molecule has 1 aromatic carbocycles. The SMILES string of the molecule is CC(=O)OC1C=CC(C)C1COCc1ccccc1. The molecular weight excluding hydrogens is 240 g/mol. The number of esters is 1. The average molecular weight is 260 g/mol. The number of hydrogen-bond donors (Lipinski definition) is 0. The minimum Gasteiger partial charge on any atom is -0.458 e. The Morgan fingerprint density at radius 3 is 2.63 bits per heavy atom. The molecule has 1 aromatic rings. The maximum atomic E-state index is 11.1. The molecule has 3 heteroatoms. The molecule has 3 unspecified atom stereocenters. The van der Waals surface area contributed by atoms with Crippen molar-refractivity contribution < 1.29 is 14.3 Å². The molecule has 0 spiro atoms. The van der Waals surface area contributed by atoms with Gasteiger partial charge in [-0.1, -0.05) is 43.3 Å². The van der Waals surface area contributed by atoms with Gasteiger partial charge in [-0.2, -0.15) is 0 Å². The van der Waals surface area contributed by atoms with Gasteiger partial charge < -0.3 is 9.47 Å². The third-order valence-corrected chi connectivity index (χ3v) is 3.43. The summed E-state index contributed by atoms with van der Waals surface area (Å²) in [6.07, 6.45) is 3.90. The summed E-state index contributed by atoms with van der Waals surface area (Å²) in [6.45, 7) is 4.76. The van der Waals surface area contributed by atoms with Gasteiger partial charge in [0.25, 0.3) is 0 Å². The molecule has 0 aliphatic heterocycles. The van der Waals surface area contributed by atoms with Crippen LogP contribution in [0.1, 0.15) is 19.4 Å². The molecular formula is C16H20O3. The molecule has 0 aromatic heterocycles. The summed E-state index contributed by atoms with van der Waals surface area (Å²) < 4.78 is 11.0. The van der Waals surface area contributed by atoms with Gasteiger partial charge >= 0.3 is 5.97 Å². The zero-order valence-corrected chi connectivity index (χ0v) is 11.4. The molecule has 0 heterocycles. The predicted molar refractivity (Wildman–Crippen MR) is 73.4 cm³/mol. The molecule has 3 nitrogen and oxygen atoms in total. The molecule has 2 rings (SSSR count). The van der Waals surface area contributed by atoms with Crippen molar-refractivity contribution in [3.05, 3.63) is 48.0 Å². The molecule has 3 atom stereocenters. The van der Waals surface area contributed by atoms with Crippen molar-refractivity contribution in [2.75, 3.05) is 6.61 Å². The van der Waals surface area contributed by atoms with E-state index in [0.29, 0.717) is 19.1 Å². The van der Waals surface area contributed by atoms with E-state index in [1.54, 1.807) is 0 Å². The topological polar surface area (TPSA) is 35.5 Å². The van der Waals surface area contributed by atoms with Gasteiger partial charge in [-0.3, -0.25) is 4.79 Å². The molecule has 0 saturated carbocycles.